The normalized spacial score (nSPS) is 11.1. The lowest BCUT2D eigenvalue weighted by Gasteiger charge is -1.84. The van der Waals surface area contributed by atoms with Crippen LogP contribution < -0.4 is 0 Å². The maximum Gasteiger partial charge on any atom is 0.136 e. The molecule has 13 heavy (non-hydrogen) atoms. The molecule has 0 atom stereocenters. The molecule has 0 aliphatic rings. The molecule has 0 unspecified atom stereocenters. The lowest BCUT2D eigenvalue weighted by atomic mass is 10.2. The Labute approximate surface area is 75.6 Å². The molecular formula is C12H5O. The van der Waals surface area contributed by atoms with Gasteiger partial charge in [0, 0.05) is 16.8 Å². The lowest BCUT2D eigenvalue weighted by molar-refractivity contribution is 0.669. The summed E-state index contributed by atoms with van der Waals surface area (Å²) in [6, 6.07) is 18.3. The van der Waals surface area contributed by atoms with Crippen molar-refractivity contribution < 1.29 is 4.42 Å². The van der Waals surface area contributed by atoms with Gasteiger partial charge >= 0.3 is 0 Å². The quantitative estimate of drug-likeness (QED) is 0.499. The van der Waals surface area contributed by atoms with Crippen LogP contribution in [0.2, 0.25) is 0 Å². The highest BCUT2D eigenvalue weighted by Gasteiger charge is 2.03. The Kier molecular flexibility index (Phi) is 1.22. The molecule has 0 saturated heterocycles. The molecule has 0 saturated carbocycles. The van der Waals surface area contributed by atoms with E-state index in [1.165, 1.54) is 0 Å². The van der Waals surface area contributed by atoms with Gasteiger partial charge in [-0.05, 0) is 24.3 Å². The van der Waals surface area contributed by atoms with Gasteiger partial charge in [-0.15, -0.1) is 0 Å². The van der Waals surface area contributed by atoms with Gasteiger partial charge in [-0.25, -0.2) is 0 Å². The third kappa shape index (κ3) is 0.872. The molecule has 2 aromatic carbocycles. The molecule has 3 radical (unpaired) electrons. The zero-order chi connectivity index (χ0) is 8.67. The minimum atomic E-state index is 0.819. The van der Waals surface area contributed by atoms with E-state index in [1.807, 2.05) is 24.3 Å². The first-order valence-electron chi connectivity index (χ1n) is 4.06. The van der Waals surface area contributed by atoms with Gasteiger partial charge in [0.2, 0.25) is 0 Å². The first kappa shape index (κ1) is 6.72. The van der Waals surface area contributed by atoms with Gasteiger partial charge in [-0.2, -0.15) is 0 Å². The van der Waals surface area contributed by atoms with Crippen molar-refractivity contribution in [3.05, 3.63) is 48.5 Å². The van der Waals surface area contributed by atoms with Crippen LogP contribution in [-0.4, -0.2) is 0 Å². The molecule has 0 amide bonds. The Morgan fingerprint density at radius 2 is 2.00 bits per heavy atom. The van der Waals surface area contributed by atoms with Gasteiger partial charge < -0.3 is 4.42 Å². The Morgan fingerprint density at radius 3 is 3.00 bits per heavy atom. The Balaban J connectivity index is 2.64. The van der Waals surface area contributed by atoms with E-state index in [0.717, 1.165) is 21.9 Å². The van der Waals surface area contributed by atoms with Crippen molar-refractivity contribution in [1.29, 1.82) is 0 Å². The van der Waals surface area contributed by atoms with Crippen molar-refractivity contribution in [2.45, 2.75) is 0 Å². The maximum atomic E-state index is 5.57. The van der Waals surface area contributed by atoms with Gasteiger partial charge in [0.05, 0.1) is 0 Å². The van der Waals surface area contributed by atoms with E-state index in [0.29, 0.717) is 0 Å². The van der Waals surface area contributed by atoms with Crippen LogP contribution in [0, 0.1) is 18.2 Å². The summed E-state index contributed by atoms with van der Waals surface area (Å²) in [5.41, 5.74) is 1.71. The smallest absolute Gasteiger partial charge is 0.136 e. The zero-order valence-corrected chi connectivity index (χ0v) is 6.79. The third-order valence-corrected chi connectivity index (χ3v) is 2.09. The summed E-state index contributed by atoms with van der Waals surface area (Å²) >= 11 is 0. The third-order valence-electron chi connectivity index (χ3n) is 2.09. The predicted octanol–water partition coefficient (Wildman–Crippen LogP) is 2.99. The van der Waals surface area contributed by atoms with Crippen molar-refractivity contribution in [3.63, 3.8) is 0 Å². The van der Waals surface area contributed by atoms with Crippen LogP contribution in [0.5, 0.6) is 0 Å². The molecule has 3 aromatic rings. The van der Waals surface area contributed by atoms with E-state index in [1.54, 1.807) is 6.07 Å². The average molecular weight is 165 g/mol. The van der Waals surface area contributed by atoms with E-state index in [9.17, 15) is 0 Å². The molecule has 0 aliphatic carbocycles. The van der Waals surface area contributed by atoms with Crippen molar-refractivity contribution in [2.24, 2.45) is 0 Å². The first-order valence-corrected chi connectivity index (χ1v) is 4.06. The predicted molar refractivity (Wildman–Crippen MR) is 50.2 cm³/mol. The first-order chi connectivity index (χ1) is 6.45. The fraction of sp³-hybridized carbons (Fsp3) is 0. The number of benzene rings is 2. The number of fused-ring (bicyclic) bond motifs is 3. The van der Waals surface area contributed by atoms with Gasteiger partial charge in [-0.1, -0.05) is 18.2 Å². The second kappa shape index (κ2) is 2.36. The molecule has 1 nitrogen and oxygen atoms in total. The highest BCUT2D eigenvalue weighted by Crippen LogP contribution is 2.26. The van der Waals surface area contributed by atoms with Crippen LogP contribution in [0.15, 0.2) is 34.7 Å². The van der Waals surface area contributed by atoms with Crippen LogP contribution in [0.25, 0.3) is 21.9 Å². The van der Waals surface area contributed by atoms with Crippen LogP contribution in [0.4, 0.5) is 0 Å². The summed E-state index contributed by atoms with van der Waals surface area (Å²) in [6.45, 7) is 0. The van der Waals surface area contributed by atoms with Crippen LogP contribution in [-0.2, 0) is 0 Å². The summed E-state index contributed by atoms with van der Waals surface area (Å²) in [5.74, 6) is 0. The van der Waals surface area contributed by atoms with Crippen LogP contribution >= 0.6 is 0 Å². The number of rotatable bonds is 0. The molecule has 0 N–H and O–H groups in total. The second-order valence-electron chi connectivity index (χ2n) is 2.88. The fourth-order valence-corrected chi connectivity index (χ4v) is 1.50. The average Bonchev–Trinajstić information content (AvgIpc) is 2.56. The molecule has 0 aliphatic heterocycles. The Bertz CT molecular complexity index is 513. The van der Waals surface area contributed by atoms with Crippen molar-refractivity contribution in [3.8, 4) is 0 Å². The zero-order valence-electron chi connectivity index (χ0n) is 6.79. The molecule has 59 valence electrons. The Morgan fingerprint density at radius 1 is 1.08 bits per heavy atom. The largest absolute Gasteiger partial charge is 0.456 e. The number of furan rings is 1. The molecular weight excluding hydrogens is 160 g/mol. The summed E-state index contributed by atoms with van der Waals surface area (Å²) in [5, 5.41) is 2.07. The summed E-state index contributed by atoms with van der Waals surface area (Å²) in [7, 11) is 0. The molecule has 1 aromatic heterocycles. The molecule has 0 bridgehead atoms. The van der Waals surface area contributed by atoms with E-state index < -0.39 is 0 Å². The molecule has 1 heteroatoms. The second-order valence-corrected chi connectivity index (χ2v) is 2.88. The minimum Gasteiger partial charge on any atom is -0.456 e. The lowest BCUT2D eigenvalue weighted by Crippen LogP contribution is -1.64. The molecule has 1 heterocycles. The molecule has 3 rings (SSSR count). The van der Waals surface area contributed by atoms with Crippen LogP contribution in [0.3, 0.4) is 0 Å². The fourth-order valence-electron chi connectivity index (χ4n) is 1.50. The molecule has 0 spiro atoms. The van der Waals surface area contributed by atoms with Gasteiger partial charge in [0.25, 0.3) is 0 Å². The monoisotopic (exact) mass is 165 g/mol. The van der Waals surface area contributed by atoms with Crippen molar-refractivity contribution in [1.82, 2.24) is 0 Å². The standard InChI is InChI=1S/C12H5O/c1-3-7-11-9(5-1)10-6-2-4-8-12(10)13-11/h1,3,5,7-8H. The number of hydrogen-bond acceptors (Lipinski definition) is 1. The number of hydrogen-bond donors (Lipinski definition) is 0. The van der Waals surface area contributed by atoms with Crippen molar-refractivity contribution in [2.75, 3.05) is 0 Å². The van der Waals surface area contributed by atoms with E-state index >= 15 is 0 Å². The number of para-hydroxylation sites is 1. The maximum absolute atomic E-state index is 5.57. The summed E-state index contributed by atoms with van der Waals surface area (Å²) in [6.07, 6.45) is 0. The van der Waals surface area contributed by atoms with Gasteiger partial charge in [-0.3, -0.25) is 0 Å². The molecule has 0 fully saturated rings. The van der Waals surface area contributed by atoms with E-state index in [4.69, 9.17) is 4.42 Å². The SMILES string of the molecule is [c]1[c]cc2oc3ccccc3c2[c]1. The Hall–Kier alpha value is -1.76. The topological polar surface area (TPSA) is 13.1 Å². The van der Waals surface area contributed by atoms with E-state index in [-0.39, 0.29) is 0 Å². The highest BCUT2D eigenvalue weighted by molar-refractivity contribution is 6.04. The van der Waals surface area contributed by atoms with Gasteiger partial charge in [0.15, 0.2) is 0 Å². The summed E-state index contributed by atoms with van der Waals surface area (Å²) < 4.78 is 5.57. The van der Waals surface area contributed by atoms with Gasteiger partial charge in [0.1, 0.15) is 11.2 Å². The van der Waals surface area contributed by atoms with Crippen molar-refractivity contribution >= 4 is 21.9 Å². The van der Waals surface area contributed by atoms with E-state index in [2.05, 4.69) is 18.2 Å². The van der Waals surface area contributed by atoms with Crippen LogP contribution in [0.1, 0.15) is 0 Å². The highest BCUT2D eigenvalue weighted by atomic mass is 16.3. The summed E-state index contributed by atoms with van der Waals surface area (Å²) in [4.78, 5) is 0. The minimum absolute atomic E-state index is 0.819.